The maximum atomic E-state index is 14.1. The van der Waals surface area contributed by atoms with Gasteiger partial charge >= 0.3 is 0 Å². The van der Waals surface area contributed by atoms with E-state index in [-0.39, 0.29) is 5.13 Å². The number of anilines is 1. The van der Waals surface area contributed by atoms with Crippen LogP contribution in [0.5, 0.6) is 0 Å². The number of carbonyl (C=O) groups excluding carboxylic acids is 1. The van der Waals surface area contributed by atoms with Crippen LogP contribution in [0.1, 0.15) is 25.6 Å². The maximum absolute atomic E-state index is 14.1. The third-order valence-corrected chi connectivity index (χ3v) is 8.24. The Bertz CT molecular complexity index is 1190. The Morgan fingerprint density at radius 2 is 1.80 bits per heavy atom. The van der Waals surface area contributed by atoms with Crippen molar-refractivity contribution < 1.29 is 22.0 Å². The summed E-state index contributed by atoms with van der Waals surface area (Å²) in [6, 6.07) is 11.6. The SMILES string of the molecule is CCc1sc(NC(=O)C(C)(C)S(=O)(=O)c2ccc(F)cc2F)nc1-c1ccccc1. The quantitative estimate of drug-likeness (QED) is 0.545. The summed E-state index contributed by atoms with van der Waals surface area (Å²) in [5, 5.41) is 2.80. The molecule has 0 radical (unpaired) electrons. The largest absolute Gasteiger partial charge is 0.301 e. The van der Waals surface area contributed by atoms with Gasteiger partial charge in [-0.1, -0.05) is 37.3 Å². The van der Waals surface area contributed by atoms with Crippen LogP contribution in [-0.2, 0) is 21.1 Å². The van der Waals surface area contributed by atoms with Crippen LogP contribution in [0.25, 0.3) is 11.3 Å². The summed E-state index contributed by atoms with van der Waals surface area (Å²) in [6.07, 6.45) is 0.681. The van der Waals surface area contributed by atoms with Crippen LogP contribution in [-0.4, -0.2) is 24.1 Å². The molecule has 5 nitrogen and oxygen atoms in total. The van der Waals surface area contributed by atoms with Crippen LogP contribution in [0.3, 0.4) is 0 Å². The molecule has 0 aliphatic carbocycles. The highest BCUT2D eigenvalue weighted by molar-refractivity contribution is 7.93. The van der Waals surface area contributed by atoms with Crippen molar-refractivity contribution >= 4 is 32.2 Å². The molecular weight excluding hydrogens is 430 g/mol. The first kappa shape index (κ1) is 22.0. The van der Waals surface area contributed by atoms with E-state index in [1.54, 1.807) is 0 Å². The molecule has 1 amide bonds. The minimum atomic E-state index is -4.44. The van der Waals surface area contributed by atoms with E-state index in [1.165, 1.54) is 25.2 Å². The lowest BCUT2D eigenvalue weighted by Gasteiger charge is -2.23. The highest BCUT2D eigenvalue weighted by Crippen LogP contribution is 2.33. The van der Waals surface area contributed by atoms with Gasteiger partial charge in [0.05, 0.1) is 5.69 Å². The fourth-order valence-electron chi connectivity index (χ4n) is 2.80. The van der Waals surface area contributed by atoms with Crippen molar-refractivity contribution in [3.05, 3.63) is 65.0 Å². The lowest BCUT2D eigenvalue weighted by Crippen LogP contribution is -2.44. The lowest BCUT2D eigenvalue weighted by atomic mass is 10.1. The summed E-state index contributed by atoms with van der Waals surface area (Å²) < 4.78 is 51.1. The minimum Gasteiger partial charge on any atom is -0.301 e. The number of nitrogens with zero attached hydrogens (tertiary/aromatic N) is 1. The van der Waals surface area contributed by atoms with Crippen LogP contribution in [0, 0.1) is 11.6 Å². The molecule has 0 aliphatic rings. The van der Waals surface area contributed by atoms with E-state index >= 15 is 0 Å². The minimum absolute atomic E-state index is 0.249. The van der Waals surface area contributed by atoms with Gasteiger partial charge in [-0.25, -0.2) is 22.2 Å². The van der Waals surface area contributed by atoms with Crippen LogP contribution in [0.2, 0.25) is 0 Å². The summed E-state index contributed by atoms with van der Waals surface area (Å²) in [5.41, 5.74) is 1.59. The highest BCUT2D eigenvalue weighted by atomic mass is 32.2. The number of carbonyl (C=O) groups is 1. The Kier molecular flexibility index (Phi) is 6.05. The Morgan fingerprint density at radius 3 is 2.40 bits per heavy atom. The third kappa shape index (κ3) is 3.99. The van der Waals surface area contributed by atoms with E-state index in [2.05, 4.69) is 10.3 Å². The zero-order chi connectivity index (χ0) is 22.1. The van der Waals surface area contributed by atoms with Gasteiger partial charge in [0.2, 0.25) is 5.91 Å². The first-order chi connectivity index (χ1) is 14.1. The molecule has 9 heteroatoms. The number of sulfone groups is 1. The van der Waals surface area contributed by atoms with Gasteiger partial charge in [0.15, 0.2) is 15.0 Å². The van der Waals surface area contributed by atoms with E-state index in [0.29, 0.717) is 18.2 Å². The molecule has 1 N–H and O–H groups in total. The van der Waals surface area contributed by atoms with Crippen LogP contribution in [0.15, 0.2) is 53.4 Å². The second-order valence-electron chi connectivity index (χ2n) is 7.05. The van der Waals surface area contributed by atoms with Crippen LogP contribution in [0.4, 0.5) is 13.9 Å². The summed E-state index contributed by atoms with van der Waals surface area (Å²) in [7, 11) is -4.44. The molecule has 3 rings (SSSR count). The number of nitrogens with one attached hydrogen (secondary N) is 1. The molecule has 0 saturated carbocycles. The molecule has 3 aromatic rings. The number of benzene rings is 2. The molecule has 0 aliphatic heterocycles. The van der Waals surface area contributed by atoms with Crippen LogP contribution < -0.4 is 5.32 Å². The molecule has 1 aromatic heterocycles. The van der Waals surface area contributed by atoms with Gasteiger partial charge in [0.25, 0.3) is 0 Å². The number of amides is 1. The molecule has 0 unspecified atom stereocenters. The smallest absolute Gasteiger partial charge is 0.247 e. The number of aromatic nitrogens is 1. The molecule has 0 spiro atoms. The Balaban J connectivity index is 1.92. The zero-order valence-electron chi connectivity index (χ0n) is 16.6. The van der Waals surface area contributed by atoms with Crippen molar-refractivity contribution in [3.8, 4) is 11.3 Å². The average molecular weight is 451 g/mol. The van der Waals surface area contributed by atoms with Gasteiger partial charge in [-0.15, -0.1) is 11.3 Å². The van der Waals surface area contributed by atoms with E-state index < -0.39 is 37.0 Å². The summed E-state index contributed by atoms with van der Waals surface area (Å²) in [5.74, 6) is -3.01. The van der Waals surface area contributed by atoms with Crippen molar-refractivity contribution in [2.45, 2.75) is 36.8 Å². The number of hydrogen-bond donors (Lipinski definition) is 1. The van der Waals surface area contributed by atoms with Gasteiger partial charge in [-0.2, -0.15) is 0 Å². The van der Waals surface area contributed by atoms with Crippen molar-refractivity contribution in [3.63, 3.8) is 0 Å². The number of thiazole rings is 1. The van der Waals surface area contributed by atoms with E-state index in [4.69, 9.17) is 0 Å². The van der Waals surface area contributed by atoms with Crippen molar-refractivity contribution in [2.24, 2.45) is 0 Å². The second-order valence-corrected chi connectivity index (χ2v) is 10.6. The lowest BCUT2D eigenvalue weighted by molar-refractivity contribution is -0.117. The first-order valence-corrected chi connectivity index (χ1v) is 11.4. The van der Waals surface area contributed by atoms with E-state index in [1.807, 2.05) is 37.3 Å². The normalized spacial score (nSPS) is 12.0. The van der Waals surface area contributed by atoms with Crippen molar-refractivity contribution in [1.82, 2.24) is 4.98 Å². The fraction of sp³-hybridized carbons (Fsp3) is 0.238. The van der Waals surface area contributed by atoms with Crippen molar-refractivity contribution in [1.29, 1.82) is 0 Å². The molecule has 0 atom stereocenters. The second kappa shape index (κ2) is 8.23. The Labute approximate surface area is 177 Å². The third-order valence-electron chi connectivity index (χ3n) is 4.69. The average Bonchev–Trinajstić information content (AvgIpc) is 3.11. The first-order valence-electron chi connectivity index (χ1n) is 9.14. The molecule has 158 valence electrons. The van der Waals surface area contributed by atoms with E-state index in [9.17, 15) is 22.0 Å². The summed E-state index contributed by atoms with van der Waals surface area (Å²) in [6.45, 7) is 4.30. The monoisotopic (exact) mass is 450 g/mol. The molecular formula is C21H20F2N2O3S2. The summed E-state index contributed by atoms with van der Waals surface area (Å²) in [4.78, 5) is 17.5. The maximum Gasteiger partial charge on any atom is 0.247 e. The van der Waals surface area contributed by atoms with Gasteiger partial charge in [-0.05, 0) is 32.4 Å². The van der Waals surface area contributed by atoms with Gasteiger partial charge < -0.3 is 5.32 Å². The number of aryl methyl sites for hydroxylation is 1. The standard InChI is InChI=1S/C21H20F2N2O3S2/c1-4-16-18(13-8-6-5-7-9-13)24-20(29-16)25-19(26)21(2,3)30(27,28)17-11-10-14(22)12-15(17)23/h5-12H,4H2,1-3H3,(H,24,25,26). The molecule has 2 aromatic carbocycles. The number of rotatable bonds is 6. The molecule has 0 fully saturated rings. The molecule has 30 heavy (non-hydrogen) atoms. The van der Waals surface area contributed by atoms with Gasteiger partial charge in [-0.3, -0.25) is 4.79 Å². The predicted octanol–water partition coefficient (Wildman–Crippen LogP) is 4.84. The van der Waals surface area contributed by atoms with Crippen LogP contribution >= 0.6 is 11.3 Å². The van der Waals surface area contributed by atoms with Gasteiger partial charge in [0, 0.05) is 16.5 Å². The number of hydrogen-bond acceptors (Lipinski definition) is 5. The molecule has 0 bridgehead atoms. The fourth-order valence-corrected chi connectivity index (χ4v) is 5.13. The molecule has 0 saturated heterocycles. The van der Waals surface area contributed by atoms with Crippen molar-refractivity contribution in [2.75, 3.05) is 5.32 Å². The highest BCUT2D eigenvalue weighted by Gasteiger charge is 2.44. The topological polar surface area (TPSA) is 76.1 Å². The molecule has 1 heterocycles. The van der Waals surface area contributed by atoms with Gasteiger partial charge in [0.1, 0.15) is 21.3 Å². The summed E-state index contributed by atoms with van der Waals surface area (Å²) >= 11 is 1.25. The number of halogens is 2. The predicted molar refractivity (Wildman–Crippen MR) is 113 cm³/mol. The Morgan fingerprint density at radius 1 is 1.13 bits per heavy atom. The Hall–Kier alpha value is -2.65. The van der Waals surface area contributed by atoms with E-state index in [0.717, 1.165) is 22.6 Å². The zero-order valence-corrected chi connectivity index (χ0v) is 18.2.